The SMILES string of the molecule is Cc1cc(N2CCN(CCc3ccccc3)CC2)nc(C)c1C#N. The molecular formula is C20H24N4. The van der Waals surface area contributed by atoms with Crippen molar-refractivity contribution in [3.05, 3.63) is 58.8 Å². The van der Waals surface area contributed by atoms with Crippen molar-refractivity contribution in [2.75, 3.05) is 37.6 Å². The Labute approximate surface area is 144 Å². The van der Waals surface area contributed by atoms with Crippen LogP contribution < -0.4 is 4.90 Å². The largest absolute Gasteiger partial charge is 0.354 e. The minimum absolute atomic E-state index is 0.709. The van der Waals surface area contributed by atoms with Crippen LogP contribution >= 0.6 is 0 Å². The van der Waals surface area contributed by atoms with Gasteiger partial charge in [-0.1, -0.05) is 30.3 Å². The molecule has 4 nitrogen and oxygen atoms in total. The minimum atomic E-state index is 0.709. The Morgan fingerprint density at radius 3 is 2.42 bits per heavy atom. The molecule has 0 unspecified atom stereocenters. The summed E-state index contributed by atoms with van der Waals surface area (Å²) in [6, 6.07) is 15.0. The minimum Gasteiger partial charge on any atom is -0.354 e. The highest BCUT2D eigenvalue weighted by molar-refractivity contribution is 5.50. The lowest BCUT2D eigenvalue weighted by molar-refractivity contribution is 0.260. The number of hydrogen-bond acceptors (Lipinski definition) is 4. The van der Waals surface area contributed by atoms with E-state index in [0.29, 0.717) is 5.56 Å². The van der Waals surface area contributed by atoms with Crippen LogP contribution in [-0.2, 0) is 6.42 Å². The molecule has 4 heteroatoms. The van der Waals surface area contributed by atoms with Gasteiger partial charge in [0.05, 0.1) is 11.3 Å². The van der Waals surface area contributed by atoms with Crippen molar-refractivity contribution in [1.29, 1.82) is 5.26 Å². The highest BCUT2D eigenvalue weighted by Crippen LogP contribution is 2.20. The second-order valence-corrected chi connectivity index (χ2v) is 6.43. The Morgan fingerprint density at radius 1 is 1.08 bits per heavy atom. The van der Waals surface area contributed by atoms with E-state index in [1.54, 1.807) is 0 Å². The van der Waals surface area contributed by atoms with E-state index in [-0.39, 0.29) is 0 Å². The molecule has 1 aromatic carbocycles. The van der Waals surface area contributed by atoms with Gasteiger partial charge in [0.2, 0.25) is 0 Å². The molecule has 0 N–H and O–H groups in total. The van der Waals surface area contributed by atoms with Gasteiger partial charge >= 0.3 is 0 Å². The summed E-state index contributed by atoms with van der Waals surface area (Å²) in [7, 11) is 0. The topological polar surface area (TPSA) is 43.2 Å². The number of pyridine rings is 1. The molecule has 0 aliphatic carbocycles. The fourth-order valence-electron chi connectivity index (χ4n) is 3.27. The fourth-order valence-corrected chi connectivity index (χ4v) is 3.27. The third-order valence-corrected chi connectivity index (χ3v) is 4.75. The standard InChI is InChI=1S/C20H24N4/c1-16-14-20(22-17(2)19(16)15-21)24-12-10-23(11-13-24)9-8-18-6-4-3-5-7-18/h3-7,14H,8-13H2,1-2H3. The van der Waals surface area contributed by atoms with Crippen LogP contribution in [-0.4, -0.2) is 42.6 Å². The van der Waals surface area contributed by atoms with E-state index in [2.05, 4.69) is 51.2 Å². The maximum atomic E-state index is 9.18. The molecule has 0 saturated carbocycles. The summed E-state index contributed by atoms with van der Waals surface area (Å²) < 4.78 is 0. The summed E-state index contributed by atoms with van der Waals surface area (Å²) in [6.45, 7) is 9.13. The zero-order valence-corrected chi connectivity index (χ0v) is 14.5. The molecule has 1 aliphatic heterocycles. The summed E-state index contributed by atoms with van der Waals surface area (Å²) >= 11 is 0. The van der Waals surface area contributed by atoms with E-state index < -0.39 is 0 Å². The zero-order valence-electron chi connectivity index (χ0n) is 14.5. The highest BCUT2D eigenvalue weighted by atomic mass is 15.3. The molecule has 0 amide bonds. The van der Waals surface area contributed by atoms with E-state index in [1.165, 1.54) is 5.56 Å². The normalized spacial score (nSPS) is 15.3. The van der Waals surface area contributed by atoms with Crippen LogP contribution in [0, 0.1) is 25.2 Å². The number of rotatable bonds is 4. The molecule has 2 aromatic rings. The van der Waals surface area contributed by atoms with Crippen LogP contribution in [0.2, 0.25) is 0 Å². The average Bonchev–Trinajstić information content (AvgIpc) is 2.61. The van der Waals surface area contributed by atoms with Crippen molar-refractivity contribution in [2.24, 2.45) is 0 Å². The van der Waals surface area contributed by atoms with Gasteiger partial charge in [-0.15, -0.1) is 0 Å². The molecular weight excluding hydrogens is 296 g/mol. The van der Waals surface area contributed by atoms with Crippen molar-refractivity contribution < 1.29 is 0 Å². The first-order valence-corrected chi connectivity index (χ1v) is 8.57. The molecule has 0 atom stereocenters. The number of benzene rings is 1. The molecule has 0 radical (unpaired) electrons. The number of hydrogen-bond donors (Lipinski definition) is 0. The lowest BCUT2D eigenvalue weighted by Gasteiger charge is -2.35. The Hall–Kier alpha value is -2.38. The van der Waals surface area contributed by atoms with E-state index in [9.17, 15) is 5.26 Å². The lowest BCUT2D eigenvalue weighted by atomic mass is 10.1. The monoisotopic (exact) mass is 320 g/mol. The predicted octanol–water partition coefficient (Wildman–Crippen LogP) is 2.93. The van der Waals surface area contributed by atoms with E-state index >= 15 is 0 Å². The average molecular weight is 320 g/mol. The number of aromatic nitrogens is 1. The van der Waals surface area contributed by atoms with Crippen LogP contribution in [0.5, 0.6) is 0 Å². The number of anilines is 1. The summed E-state index contributed by atoms with van der Waals surface area (Å²) in [5.41, 5.74) is 3.96. The lowest BCUT2D eigenvalue weighted by Crippen LogP contribution is -2.47. The number of nitrogens with zero attached hydrogens (tertiary/aromatic N) is 4. The molecule has 3 rings (SSSR count). The van der Waals surface area contributed by atoms with Gasteiger partial charge in [0.25, 0.3) is 0 Å². The van der Waals surface area contributed by atoms with Gasteiger partial charge in [-0.2, -0.15) is 5.26 Å². The van der Waals surface area contributed by atoms with Crippen molar-refractivity contribution in [3.8, 4) is 6.07 Å². The molecule has 0 bridgehead atoms. The van der Waals surface area contributed by atoms with Gasteiger partial charge in [-0.3, -0.25) is 4.90 Å². The molecule has 0 spiro atoms. The predicted molar refractivity (Wildman–Crippen MR) is 97.2 cm³/mol. The van der Waals surface area contributed by atoms with Gasteiger partial charge in [0.15, 0.2) is 0 Å². The Balaban J connectivity index is 1.56. The molecule has 1 aromatic heterocycles. The first-order chi connectivity index (χ1) is 11.7. The number of nitriles is 1. The molecule has 24 heavy (non-hydrogen) atoms. The smallest absolute Gasteiger partial charge is 0.129 e. The third-order valence-electron chi connectivity index (χ3n) is 4.75. The Morgan fingerprint density at radius 2 is 1.79 bits per heavy atom. The molecule has 1 saturated heterocycles. The fraction of sp³-hybridized carbons (Fsp3) is 0.400. The van der Waals surface area contributed by atoms with E-state index in [1.807, 2.05) is 19.9 Å². The quantitative estimate of drug-likeness (QED) is 0.869. The summed E-state index contributed by atoms with van der Waals surface area (Å²) in [5, 5.41) is 9.18. The summed E-state index contributed by atoms with van der Waals surface area (Å²) in [4.78, 5) is 9.49. The Bertz CT molecular complexity index is 702. The second kappa shape index (κ2) is 7.46. The maximum absolute atomic E-state index is 9.18. The van der Waals surface area contributed by atoms with Crippen LogP contribution in [0.4, 0.5) is 5.82 Å². The first-order valence-electron chi connectivity index (χ1n) is 8.57. The van der Waals surface area contributed by atoms with Crippen LogP contribution in [0.25, 0.3) is 0 Å². The van der Waals surface area contributed by atoms with Crippen molar-refractivity contribution in [3.63, 3.8) is 0 Å². The second-order valence-electron chi connectivity index (χ2n) is 6.43. The zero-order chi connectivity index (χ0) is 16.9. The first kappa shape index (κ1) is 16.5. The van der Waals surface area contributed by atoms with Crippen LogP contribution in [0.3, 0.4) is 0 Å². The van der Waals surface area contributed by atoms with Crippen LogP contribution in [0.1, 0.15) is 22.4 Å². The van der Waals surface area contributed by atoms with Gasteiger partial charge in [0.1, 0.15) is 11.9 Å². The van der Waals surface area contributed by atoms with Gasteiger partial charge in [-0.25, -0.2) is 4.98 Å². The van der Waals surface area contributed by atoms with Crippen molar-refractivity contribution in [1.82, 2.24) is 9.88 Å². The summed E-state index contributed by atoms with van der Waals surface area (Å²) in [6.07, 6.45) is 1.11. The number of aryl methyl sites for hydroxylation is 2. The van der Waals surface area contributed by atoms with E-state index in [4.69, 9.17) is 0 Å². The van der Waals surface area contributed by atoms with Crippen molar-refractivity contribution >= 4 is 5.82 Å². The van der Waals surface area contributed by atoms with Crippen LogP contribution in [0.15, 0.2) is 36.4 Å². The van der Waals surface area contributed by atoms with Crippen molar-refractivity contribution in [2.45, 2.75) is 20.3 Å². The molecule has 1 fully saturated rings. The van der Waals surface area contributed by atoms with Gasteiger partial charge in [-0.05, 0) is 37.5 Å². The molecule has 2 heterocycles. The third kappa shape index (κ3) is 3.74. The maximum Gasteiger partial charge on any atom is 0.129 e. The van der Waals surface area contributed by atoms with Gasteiger partial charge in [0, 0.05) is 32.7 Å². The molecule has 124 valence electrons. The summed E-state index contributed by atoms with van der Waals surface area (Å²) in [5.74, 6) is 1.01. The molecule has 1 aliphatic rings. The number of piperazine rings is 1. The Kier molecular flexibility index (Phi) is 5.12. The van der Waals surface area contributed by atoms with Gasteiger partial charge < -0.3 is 4.90 Å². The van der Waals surface area contributed by atoms with E-state index in [0.717, 1.165) is 56.2 Å². The highest BCUT2D eigenvalue weighted by Gasteiger charge is 2.19.